The highest BCUT2D eigenvalue weighted by Crippen LogP contribution is 2.26. The molecule has 31 heavy (non-hydrogen) atoms. The summed E-state index contributed by atoms with van der Waals surface area (Å²) in [5.41, 5.74) is 0.738. The van der Waals surface area contributed by atoms with Crippen LogP contribution in [0.3, 0.4) is 0 Å². The molecule has 1 aromatic carbocycles. The predicted octanol–water partition coefficient (Wildman–Crippen LogP) is 4.15. The first-order valence-corrected chi connectivity index (χ1v) is 12.9. The molecule has 1 atom stereocenters. The summed E-state index contributed by atoms with van der Waals surface area (Å²) in [4.78, 5) is 16.9. The van der Waals surface area contributed by atoms with Crippen molar-refractivity contribution in [1.82, 2.24) is 4.90 Å². The van der Waals surface area contributed by atoms with Crippen molar-refractivity contribution < 1.29 is 17.6 Å². The summed E-state index contributed by atoms with van der Waals surface area (Å²) >= 11 is 6.18. The van der Waals surface area contributed by atoms with Crippen LogP contribution in [0.5, 0.6) is 0 Å². The van der Waals surface area contributed by atoms with Crippen LogP contribution in [-0.4, -0.2) is 49.9 Å². The molecule has 4 rings (SSSR count). The third-order valence-corrected chi connectivity index (χ3v) is 7.98. The summed E-state index contributed by atoms with van der Waals surface area (Å²) in [6, 6.07) is 10.7. The van der Waals surface area contributed by atoms with E-state index in [0.717, 1.165) is 37.4 Å². The fourth-order valence-electron chi connectivity index (χ4n) is 4.18. The van der Waals surface area contributed by atoms with Crippen LogP contribution in [0.25, 0.3) is 6.08 Å². The maximum atomic E-state index is 13.1. The second-order valence-corrected chi connectivity index (χ2v) is 10.8. The Morgan fingerprint density at radius 2 is 1.94 bits per heavy atom. The van der Waals surface area contributed by atoms with Gasteiger partial charge in [0.2, 0.25) is 5.91 Å². The Morgan fingerprint density at radius 3 is 2.65 bits per heavy atom. The molecule has 0 radical (unpaired) electrons. The number of sulfone groups is 1. The van der Waals surface area contributed by atoms with Gasteiger partial charge in [-0.2, -0.15) is 0 Å². The van der Waals surface area contributed by atoms with Crippen LogP contribution in [0, 0.1) is 0 Å². The van der Waals surface area contributed by atoms with Crippen LogP contribution in [0.2, 0.25) is 5.02 Å². The molecule has 2 saturated heterocycles. The fourth-order valence-corrected chi connectivity index (χ4v) is 6.11. The van der Waals surface area contributed by atoms with E-state index < -0.39 is 9.84 Å². The third kappa shape index (κ3) is 5.52. The van der Waals surface area contributed by atoms with Gasteiger partial charge in [0.1, 0.15) is 5.76 Å². The number of benzene rings is 1. The van der Waals surface area contributed by atoms with E-state index in [1.165, 1.54) is 12.5 Å². The van der Waals surface area contributed by atoms with Gasteiger partial charge in [0, 0.05) is 36.3 Å². The Morgan fingerprint density at radius 1 is 1.16 bits per heavy atom. The van der Waals surface area contributed by atoms with E-state index in [4.69, 9.17) is 16.0 Å². The first-order valence-electron chi connectivity index (χ1n) is 10.7. The van der Waals surface area contributed by atoms with Gasteiger partial charge >= 0.3 is 0 Å². The number of nitrogens with zero attached hydrogens (tertiary/aromatic N) is 2. The normalized spacial score (nSPS) is 20.9. The van der Waals surface area contributed by atoms with Crippen LogP contribution in [0.4, 0.5) is 5.88 Å². The van der Waals surface area contributed by atoms with E-state index >= 15 is 0 Å². The maximum Gasteiger partial charge on any atom is 0.247 e. The lowest BCUT2D eigenvalue weighted by atomic mass is 10.1. The summed E-state index contributed by atoms with van der Waals surface area (Å²) in [5, 5.41) is 0.554. The average Bonchev–Trinajstić information content (AvgIpc) is 3.38. The van der Waals surface area contributed by atoms with Crippen molar-refractivity contribution in [2.45, 2.75) is 38.3 Å². The van der Waals surface area contributed by atoms with Crippen LogP contribution in [0.15, 0.2) is 46.9 Å². The molecule has 1 unspecified atom stereocenters. The number of carbonyl (C=O) groups excluding carboxylic acids is 1. The minimum Gasteiger partial charge on any atom is -0.444 e. The molecule has 2 aromatic rings. The Kier molecular flexibility index (Phi) is 6.72. The summed E-state index contributed by atoms with van der Waals surface area (Å²) < 4.78 is 30.1. The minimum absolute atomic E-state index is 0.0155. The summed E-state index contributed by atoms with van der Waals surface area (Å²) in [6.45, 7) is 2.17. The van der Waals surface area contributed by atoms with Gasteiger partial charge in [-0.1, -0.05) is 29.8 Å². The summed E-state index contributed by atoms with van der Waals surface area (Å²) in [5.74, 6) is 1.31. The first kappa shape index (κ1) is 22.0. The number of hydrogen-bond donors (Lipinski definition) is 0. The van der Waals surface area contributed by atoms with Crippen molar-refractivity contribution in [2.75, 3.05) is 29.5 Å². The van der Waals surface area contributed by atoms with Crippen molar-refractivity contribution in [3.05, 3.63) is 58.8 Å². The fraction of sp³-hybridized carbons (Fsp3) is 0.435. The Bertz CT molecular complexity index is 1060. The Balaban J connectivity index is 1.52. The number of furan rings is 1. The molecule has 0 aliphatic carbocycles. The zero-order valence-electron chi connectivity index (χ0n) is 17.4. The van der Waals surface area contributed by atoms with Crippen LogP contribution in [-0.2, 0) is 21.2 Å². The van der Waals surface area contributed by atoms with Gasteiger partial charge in [0.25, 0.3) is 0 Å². The highest BCUT2D eigenvalue weighted by atomic mass is 35.5. The number of rotatable bonds is 6. The lowest BCUT2D eigenvalue weighted by Gasteiger charge is -2.27. The molecule has 8 heteroatoms. The first-order chi connectivity index (χ1) is 14.9. The van der Waals surface area contributed by atoms with Crippen molar-refractivity contribution in [1.29, 1.82) is 0 Å². The maximum absolute atomic E-state index is 13.1. The third-order valence-electron chi connectivity index (χ3n) is 5.88. The zero-order chi connectivity index (χ0) is 21.8. The van der Waals surface area contributed by atoms with Gasteiger partial charge in [0.05, 0.1) is 18.1 Å². The number of piperidine rings is 1. The van der Waals surface area contributed by atoms with Crippen LogP contribution in [0.1, 0.15) is 37.0 Å². The van der Waals surface area contributed by atoms with Gasteiger partial charge in [-0.15, -0.1) is 0 Å². The SMILES string of the molecule is O=C(/C=C/c1ccccc1Cl)N(Cc1ccc(N2CCCCC2)o1)C1CCS(=O)(=O)C1. The number of anilines is 1. The van der Waals surface area contributed by atoms with E-state index in [-0.39, 0.29) is 30.0 Å². The number of amides is 1. The van der Waals surface area contributed by atoms with Crippen molar-refractivity contribution in [2.24, 2.45) is 0 Å². The van der Waals surface area contributed by atoms with Crippen LogP contribution < -0.4 is 4.90 Å². The average molecular weight is 463 g/mol. The Hall–Kier alpha value is -2.25. The number of halogens is 1. The molecule has 6 nitrogen and oxygen atoms in total. The minimum atomic E-state index is -3.13. The number of hydrogen-bond acceptors (Lipinski definition) is 5. The molecule has 0 spiro atoms. The smallest absolute Gasteiger partial charge is 0.247 e. The quantitative estimate of drug-likeness (QED) is 0.603. The molecule has 0 bridgehead atoms. The van der Waals surface area contributed by atoms with Gasteiger partial charge in [-0.3, -0.25) is 4.79 Å². The molecule has 166 valence electrons. The molecular weight excluding hydrogens is 436 g/mol. The molecule has 2 aliphatic heterocycles. The summed E-state index contributed by atoms with van der Waals surface area (Å²) in [6.07, 6.45) is 7.10. The molecule has 2 fully saturated rings. The largest absolute Gasteiger partial charge is 0.444 e. The second kappa shape index (κ2) is 9.49. The summed E-state index contributed by atoms with van der Waals surface area (Å²) in [7, 11) is -3.13. The van der Waals surface area contributed by atoms with Crippen molar-refractivity contribution >= 4 is 39.3 Å². The number of carbonyl (C=O) groups is 1. The monoisotopic (exact) mass is 462 g/mol. The van der Waals surface area contributed by atoms with Crippen molar-refractivity contribution in [3.8, 4) is 0 Å². The Labute approximate surface area is 188 Å². The highest BCUT2D eigenvalue weighted by Gasteiger charge is 2.34. The van der Waals surface area contributed by atoms with E-state index in [1.54, 1.807) is 17.0 Å². The van der Waals surface area contributed by atoms with Gasteiger partial charge in [0.15, 0.2) is 15.7 Å². The topological polar surface area (TPSA) is 70.8 Å². The van der Waals surface area contributed by atoms with E-state index in [0.29, 0.717) is 17.2 Å². The van der Waals surface area contributed by atoms with Crippen LogP contribution >= 0.6 is 11.6 Å². The highest BCUT2D eigenvalue weighted by molar-refractivity contribution is 7.91. The molecule has 0 saturated carbocycles. The molecule has 3 heterocycles. The van der Waals surface area contributed by atoms with Gasteiger partial charge in [-0.25, -0.2) is 8.42 Å². The predicted molar refractivity (Wildman–Crippen MR) is 123 cm³/mol. The zero-order valence-corrected chi connectivity index (χ0v) is 18.9. The second-order valence-electron chi connectivity index (χ2n) is 8.17. The van der Waals surface area contributed by atoms with Crippen molar-refractivity contribution in [3.63, 3.8) is 0 Å². The molecule has 1 aromatic heterocycles. The van der Waals surface area contributed by atoms with Gasteiger partial charge < -0.3 is 14.2 Å². The molecule has 1 amide bonds. The van der Waals surface area contributed by atoms with E-state index in [2.05, 4.69) is 4.90 Å². The van der Waals surface area contributed by atoms with Gasteiger partial charge in [-0.05, 0) is 49.5 Å². The lowest BCUT2D eigenvalue weighted by Crippen LogP contribution is -2.39. The molecule has 2 aliphatic rings. The van der Waals surface area contributed by atoms with E-state index in [9.17, 15) is 13.2 Å². The standard InChI is InChI=1S/C23H27ClN2O4S/c24-21-7-3-2-6-18(21)8-10-22(27)26(19-12-15-31(28,29)17-19)16-20-9-11-23(30-20)25-13-4-1-5-14-25/h2-3,6-11,19H,1,4-5,12-17H2/b10-8+. The van der Waals surface area contributed by atoms with E-state index in [1.807, 2.05) is 30.3 Å². The lowest BCUT2D eigenvalue weighted by molar-refractivity contribution is -0.128. The molecular formula is C23H27ClN2O4S. The molecule has 0 N–H and O–H groups in total.